The third kappa shape index (κ3) is 7.38. The van der Waals surface area contributed by atoms with Crippen molar-refractivity contribution in [1.82, 2.24) is 4.98 Å². The number of anilines is 1. The van der Waals surface area contributed by atoms with Crippen LogP contribution in [0.15, 0.2) is 97.3 Å². The Morgan fingerprint density at radius 1 is 0.946 bits per heavy atom. The van der Waals surface area contributed by atoms with Gasteiger partial charge in [0.25, 0.3) is 0 Å². The second kappa shape index (κ2) is 12.6. The molecule has 0 fully saturated rings. The first kappa shape index (κ1) is 25.9. The topological polar surface area (TPSA) is 96.4 Å². The number of carboxylic acid groups (broad SMARTS) is 1. The predicted octanol–water partition coefficient (Wildman–Crippen LogP) is 6.06. The van der Waals surface area contributed by atoms with Crippen molar-refractivity contribution in [2.45, 2.75) is 12.3 Å². The molecule has 1 atom stereocenters. The van der Waals surface area contributed by atoms with Gasteiger partial charge in [0.1, 0.15) is 0 Å². The third-order valence-electron chi connectivity index (χ3n) is 5.79. The molecule has 2 N–H and O–H groups in total. The highest BCUT2D eigenvalue weighted by molar-refractivity contribution is 7.99. The van der Waals surface area contributed by atoms with Crippen LogP contribution in [0.5, 0.6) is 0 Å². The predicted molar refractivity (Wildman–Crippen MR) is 149 cm³/mol. The van der Waals surface area contributed by atoms with E-state index < -0.39 is 5.97 Å². The summed E-state index contributed by atoms with van der Waals surface area (Å²) in [6.07, 6.45) is 6.70. The van der Waals surface area contributed by atoms with Crippen LogP contribution in [0.2, 0.25) is 0 Å². The van der Waals surface area contributed by atoms with Crippen LogP contribution in [0.1, 0.15) is 33.8 Å². The van der Waals surface area contributed by atoms with E-state index in [4.69, 9.17) is 5.11 Å². The first-order chi connectivity index (χ1) is 18.0. The minimum Gasteiger partial charge on any atom is -0.481 e. The molecule has 7 heteroatoms. The Hall–Kier alpha value is -4.23. The molecule has 1 aromatic heterocycles. The average molecular weight is 511 g/mol. The van der Waals surface area contributed by atoms with E-state index in [1.807, 2.05) is 54.6 Å². The fraction of sp³-hybridized carbons (Fsp3) is 0.133. The molecule has 0 bridgehead atoms. The molecule has 0 aliphatic heterocycles. The van der Waals surface area contributed by atoms with E-state index >= 15 is 0 Å². The van der Waals surface area contributed by atoms with Crippen LogP contribution in [0, 0.1) is 0 Å². The Kier molecular flexibility index (Phi) is 8.84. The number of aliphatic carboxylic acids is 1. The van der Waals surface area contributed by atoms with E-state index in [1.165, 1.54) is 17.8 Å². The van der Waals surface area contributed by atoms with Gasteiger partial charge in [-0.15, -0.1) is 0 Å². The summed E-state index contributed by atoms with van der Waals surface area (Å²) in [5, 5.41) is 13.7. The van der Waals surface area contributed by atoms with Crippen LogP contribution >= 0.6 is 11.8 Å². The lowest BCUT2D eigenvalue weighted by molar-refractivity contribution is -0.136. The molecule has 0 spiro atoms. The van der Waals surface area contributed by atoms with Crippen LogP contribution in [-0.4, -0.2) is 39.3 Å². The highest BCUT2D eigenvalue weighted by Gasteiger charge is 2.22. The third-order valence-corrected chi connectivity index (χ3v) is 6.86. The van der Waals surface area contributed by atoms with E-state index in [0.717, 1.165) is 21.9 Å². The van der Waals surface area contributed by atoms with Crippen LogP contribution in [0.3, 0.4) is 0 Å². The molecule has 0 saturated carbocycles. The Balaban J connectivity index is 1.40. The SMILES string of the molecule is O=C(O)CCSCC(C(=O)c1ccc(/C=C/C(=O)Nc2ccc3cnccc3c2)cc1)c1ccccc1. The van der Waals surface area contributed by atoms with E-state index in [2.05, 4.69) is 10.3 Å². The van der Waals surface area contributed by atoms with Crippen molar-refractivity contribution in [2.75, 3.05) is 16.8 Å². The number of rotatable bonds is 11. The quantitative estimate of drug-likeness (QED) is 0.145. The number of nitrogens with zero attached hydrogens (tertiary/aromatic N) is 1. The Morgan fingerprint density at radius 2 is 1.73 bits per heavy atom. The van der Waals surface area contributed by atoms with Crippen molar-refractivity contribution in [3.8, 4) is 0 Å². The van der Waals surface area contributed by atoms with E-state index in [1.54, 1.807) is 42.7 Å². The van der Waals surface area contributed by atoms with Crippen molar-refractivity contribution >= 4 is 52.0 Å². The summed E-state index contributed by atoms with van der Waals surface area (Å²) >= 11 is 1.46. The molecule has 4 rings (SSSR count). The Bertz CT molecular complexity index is 1420. The number of thioether (sulfide) groups is 1. The molecule has 1 amide bonds. The second-order valence-electron chi connectivity index (χ2n) is 8.43. The molecule has 6 nitrogen and oxygen atoms in total. The van der Waals surface area contributed by atoms with Crippen molar-refractivity contribution in [1.29, 1.82) is 0 Å². The Labute approximate surface area is 219 Å². The number of fused-ring (bicyclic) bond motifs is 1. The second-order valence-corrected chi connectivity index (χ2v) is 9.58. The molecule has 186 valence electrons. The monoisotopic (exact) mass is 510 g/mol. The number of ketones is 1. The summed E-state index contributed by atoms with van der Waals surface area (Å²) < 4.78 is 0. The summed E-state index contributed by atoms with van der Waals surface area (Å²) in [4.78, 5) is 40.7. The Morgan fingerprint density at radius 3 is 2.49 bits per heavy atom. The molecule has 1 unspecified atom stereocenters. The fourth-order valence-electron chi connectivity index (χ4n) is 3.85. The number of hydrogen-bond acceptors (Lipinski definition) is 5. The lowest BCUT2D eigenvalue weighted by atomic mass is 9.92. The zero-order chi connectivity index (χ0) is 26.0. The maximum Gasteiger partial charge on any atom is 0.304 e. The number of pyridine rings is 1. The highest BCUT2D eigenvalue weighted by atomic mass is 32.2. The molecule has 0 radical (unpaired) electrons. The van der Waals surface area contributed by atoms with Crippen molar-refractivity contribution in [3.05, 3.63) is 114 Å². The van der Waals surface area contributed by atoms with Crippen LogP contribution in [0.4, 0.5) is 5.69 Å². The van der Waals surface area contributed by atoms with Gasteiger partial charge in [-0.3, -0.25) is 19.4 Å². The summed E-state index contributed by atoms with van der Waals surface area (Å²) in [5.41, 5.74) is 2.96. The van der Waals surface area contributed by atoms with E-state index in [9.17, 15) is 14.4 Å². The number of carbonyl (C=O) groups is 3. The zero-order valence-corrected chi connectivity index (χ0v) is 20.9. The first-order valence-electron chi connectivity index (χ1n) is 11.8. The van der Waals surface area contributed by atoms with Gasteiger partial charge >= 0.3 is 5.97 Å². The standard InChI is InChI=1S/C30H26N2O4S/c33-28(32-26-12-11-25-19-31-16-14-24(25)18-26)13-8-21-6-9-23(10-7-21)30(36)27(20-37-17-15-29(34)35)22-4-2-1-3-5-22/h1-14,16,18-19,27H,15,17,20H2,(H,32,33)(H,34,35)/b13-8+. The van der Waals surface area contributed by atoms with Crippen LogP contribution in [0.25, 0.3) is 16.8 Å². The highest BCUT2D eigenvalue weighted by Crippen LogP contribution is 2.26. The van der Waals surface area contributed by atoms with Gasteiger partial charge in [0, 0.05) is 46.6 Å². The summed E-state index contributed by atoms with van der Waals surface area (Å²) in [6, 6.07) is 24.2. The van der Waals surface area contributed by atoms with E-state index in [-0.39, 0.29) is 24.0 Å². The number of benzene rings is 3. The molecule has 0 aliphatic rings. The lowest BCUT2D eigenvalue weighted by Gasteiger charge is -2.16. The van der Waals surface area contributed by atoms with E-state index in [0.29, 0.717) is 22.8 Å². The van der Waals surface area contributed by atoms with Gasteiger partial charge in [0.2, 0.25) is 5.91 Å². The molecule has 0 saturated heterocycles. The molecular weight excluding hydrogens is 484 g/mol. The minimum absolute atomic E-state index is 0.0196. The van der Waals surface area contributed by atoms with Crippen molar-refractivity contribution < 1.29 is 19.5 Å². The first-order valence-corrected chi connectivity index (χ1v) is 13.0. The number of amides is 1. The van der Waals surface area contributed by atoms with Gasteiger partial charge in [0.05, 0.1) is 12.3 Å². The smallest absolute Gasteiger partial charge is 0.304 e. The fourth-order valence-corrected chi connectivity index (χ4v) is 4.91. The number of nitrogens with one attached hydrogen (secondary N) is 1. The van der Waals surface area contributed by atoms with Gasteiger partial charge in [-0.25, -0.2) is 0 Å². The maximum atomic E-state index is 13.3. The normalized spacial score (nSPS) is 11.9. The van der Waals surface area contributed by atoms with Crippen LogP contribution < -0.4 is 5.32 Å². The number of aromatic nitrogens is 1. The number of hydrogen-bond donors (Lipinski definition) is 2. The molecule has 0 aliphatic carbocycles. The average Bonchev–Trinajstić information content (AvgIpc) is 2.92. The lowest BCUT2D eigenvalue weighted by Crippen LogP contribution is -2.16. The summed E-state index contributed by atoms with van der Waals surface area (Å²) in [6.45, 7) is 0. The molecule has 1 heterocycles. The molecular formula is C30H26N2O4S. The van der Waals surface area contributed by atoms with Gasteiger partial charge < -0.3 is 10.4 Å². The number of carbonyl (C=O) groups excluding carboxylic acids is 2. The largest absolute Gasteiger partial charge is 0.481 e. The van der Waals surface area contributed by atoms with Gasteiger partial charge in [-0.05, 0) is 40.8 Å². The van der Waals surface area contributed by atoms with Crippen LogP contribution in [-0.2, 0) is 9.59 Å². The summed E-state index contributed by atoms with van der Waals surface area (Å²) in [5.74, 6) is -0.533. The summed E-state index contributed by atoms with van der Waals surface area (Å²) in [7, 11) is 0. The maximum absolute atomic E-state index is 13.3. The molecule has 3 aromatic carbocycles. The van der Waals surface area contributed by atoms with Gasteiger partial charge in [0.15, 0.2) is 5.78 Å². The zero-order valence-electron chi connectivity index (χ0n) is 20.0. The van der Waals surface area contributed by atoms with Gasteiger partial charge in [-0.2, -0.15) is 11.8 Å². The van der Waals surface area contributed by atoms with Crippen molar-refractivity contribution in [2.24, 2.45) is 0 Å². The molecule has 37 heavy (non-hydrogen) atoms. The minimum atomic E-state index is -0.845. The number of carboxylic acids is 1. The number of Topliss-reactive ketones (excluding diaryl/α,β-unsaturated/α-hetero) is 1. The van der Waals surface area contributed by atoms with Crippen molar-refractivity contribution in [3.63, 3.8) is 0 Å². The van der Waals surface area contributed by atoms with Gasteiger partial charge in [-0.1, -0.05) is 60.7 Å². The molecule has 4 aromatic rings.